The summed E-state index contributed by atoms with van der Waals surface area (Å²) in [6, 6.07) is 7.72. The summed E-state index contributed by atoms with van der Waals surface area (Å²) in [5.41, 5.74) is 0.716. The zero-order chi connectivity index (χ0) is 12.9. The fourth-order valence-electron chi connectivity index (χ4n) is 1.07. The Labute approximate surface area is 98.6 Å². The fourth-order valence-corrected chi connectivity index (χ4v) is 2.11. The van der Waals surface area contributed by atoms with Gasteiger partial charge in [-0.25, -0.2) is 8.42 Å². The molecule has 1 rings (SSSR count). The number of carboxylic acids is 1. The maximum atomic E-state index is 11.4. The highest BCUT2D eigenvalue weighted by molar-refractivity contribution is 7.92. The molecule has 0 spiro atoms. The number of carboxylic acid groups (broad SMARTS) is 1. The maximum Gasteiger partial charge on any atom is 0.304 e. The van der Waals surface area contributed by atoms with Crippen molar-refractivity contribution in [3.05, 3.63) is 29.8 Å². The van der Waals surface area contributed by atoms with Crippen molar-refractivity contribution in [2.24, 2.45) is 0 Å². The summed E-state index contributed by atoms with van der Waals surface area (Å²) in [6.45, 7) is 0. The maximum absolute atomic E-state index is 11.4. The van der Waals surface area contributed by atoms with Gasteiger partial charge in [-0.2, -0.15) is 5.26 Å². The molecule has 2 N–H and O–H groups in total. The fraction of sp³-hybridized carbons (Fsp3) is 0.200. The van der Waals surface area contributed by atoms with E-state index < -0.39 is 28.2 Å². The average molecular weight is 254 g/mol. The Balaban J connectivity index is 2.70. The molecule has 0 unspecified atom stereocenters. The Bertz CT molecular complexity index is 543. The molecule has 0 radical (unpaired) electrons. The second-order valence-electron chi connectivity index (χ2n) is 3.25. The molecule has 0 aliphatic carbocycles. The highest BCUT2D eigenvalue weighted by atomic mass is 32.2. The predicted molar refractivity (Wildman–Crippen MR) is 60.8 cm³/mol. The topological polar surface area (TPSA) is 107 Å². The highest BCUT2D eigenvalue weighted by Gasteiger charge is 2.12. The van der Waals surface area contributed by atoms with E-state index in [-0.39, 0.29) is 0 Å². The van der Waals surface area contributed by atoms with E-state index in [1.54, 1.807) is 0 Å². The van der Waals surface area contributed by atoms with Gasteiger partial charge in [0.15, 0.2) is 0 Å². The molecule has 0 aromatic heterocycles. The summed E-state index contributed by atoms with van der Waals surface area (Å²) in [6.07, 6.45) is -0.453. The molecule has 6 nitrogen and oxygen atoms in total. The first-order valence-corrected chi connectivity index (χ1v) is 6.30. The number of nitrogens with zero attached hydrogens (tertiary/aromatic N) is 1. The lowest BCUT2D eigenvalue weighted by Crippen LogP contribution is -2.18. The van der Waals surface area contributed by atoms with Gasteiger partial charge in [-0.1, -0.05) is 0 Å². The normalized spacial score (nSPS) is 10.5. The van der Waals surface area contributed by atoms with E-state index in [0.29, 0.717) is 11.3 Å². The van der Waals surface area contributed by atoms with Gasteiger partial charge in [0.1, 0.15) is 0 Å². The molecule has 90 valence electrons. The largest absolute Gasteiger partial charge is 0.481 e. The highest BCUT2D eigenvalue weighted by Crippen LogP contribution is 2.11. The van der Waals surface area contributed by atoms with Crippen LogP contribution in [0.3, 0.4) is 0 Å². The van der Waals surface area contributed by atoms with E-state index >= 15 is 0 Å². The summed E-state index contributed by atoms with van der Waals surface area (Å²) in [4.78, 5) is 10.3. The Morgan fingerprint density at radius 1 is 1.35 bits per heavy atom. The molecule has 1 aromatic carbocycles. The first kappa shape index (κ1) is 13.0. The number of benzene rings is 1. The third kappa shape index (κ3) is 4.53. The Morgan fingerprint density at radius 3 is 2.41 bits per heavy atom. The number of aliphatic carboxylic acids is 1. The number of sulfonamides is 1. The van der Waals surface area contributed by atoms with Gasteiger partial charge < -0.3 is 5.11 Å². The van der Waals surface area contributed by atoms with Crippen molar-refractivity contribution < 1.29 is 18.3 Å². The predicted octanol–water partition coefficient (Wildman–Crippen LogP) is 0.775. The second kappa shape index (κ2) is 5.32. The van der Waals surface area contributed by atoms with Crippen LogP contribution in [-0.4, -0.2) is 25.2 Å². The van der Waals surface area contributed by atoms with Crippen LogP contribution in [0.5, 0.6) is 0 Å². The number of anilines is 1. The quantitative estimate of drug-likeness (QED) is 0.807. The molecule has 0 heterocycles. The van der Waals surface area contributed by atoms with E-state index in [4.69, 9.17) is 10.4 Å². The van der Waals surface area contributed by atoms with Crippen LogP contribution in [0, 0.1) is 11.3 Å². The monoisotopic (exact) mass is 254 g/mol. The van der Waals surface area contributed by atoms with Crippen LogP contribution < -0.4 is 4.72 Å². The van der Waals surface area contributed by atoms with Crippen LogP contribution in [0.4, 0.5) is 5.69 Å². The third-order valence-electron chi connectivity index (χ3n) is 1.87. The van der Waals surface area contributed by atoms with Crippen LogP contribution >= 0.6 is 0 Å². The van der Waals surface area contributed by atoms with Crippen molar-refractivity contribution in [2.75, 3.05) is 10.5 Å². The summed E-state index contributed by atoms with van der Waals surface area (Å²) in [7, 11) is -3.66. The van der Waals surface area contributed by atoms with Crippen LogP contribution in [0.25, 0.3) is 0 Å². The Morgan fingerprint density at radius 2 is 1.94 bits per heavy atom. The van der Waals surface area contributed by atoms with Crippen molar-refractivity contribution in [3.63, 3.8) is 0 Å². The molecule has 0 aliphatic rings. The molecule has 0 saturated carbocycles. The van der Waals surface area contributed by atoms with Crippen molar-refractivity contribution in [2.45, 2.75) is 6.42 Å². The number of nitriles is 1. The van der Waals surface area contributed by atoms with Crippen molar-refractivity contribution in [1.82, 2.24) is 0 Å². The molecule has 1 aromatic rings. The molecule has 0 saturated heterocycles. The number of nitrogens with one attached hydrogen (secondary N) is 1. The minimum atomic E-state index is -3.66. The van der Waals surface area contributed by atoms with Gasteiger partial charge >= 0.3 is 5.97 Å². The molecule has 0 atom stereocenters. The Hall–Kier alpha value is -2.07. The first-order chi connectivity index (χ1) is 7.93. The second-order valence-corrected chi connectivity index (χ2v) is 5.10. The summed E-state index contributed by atoms with van der Waals surface area (Å²) >= 11 is 0. The van der Waals surface area contributed by atoms with Crippen LogP contribution in [0.1, 0.15) is 12.0 Å². The lowest BCUT2D eigenvalue weighted by Gasteiger charge is -2.06. The SMILES string of the molecule is N#Cc1ccc(NS(=O)(=O)CCC(=O)O)cc1. The van der Waals surface area contributed by atoms with Crippen molar-refractivity contribution in [3.8, 4) is 6.07 Å². The minimum absolute atomic E-state index is 0.300. The van der Waals surface area contributed by atoms with Gasteiger partial charge in [-0.05, 0) is 24.3 Å². The molecule has 0 aliphatic heterocycles. The van der Waals surface area contributed by atoms with Gasteiger partial charge in [0.05, 0.1) is 23.8 Å². The smallest absolute Gasteiger partial charge is 0.304 e. The number of hydrogen-bond donors (Lipinski definition) is 2. The zero-order valence-electron chi connectivity index (χ0n) is 8.75. The van der Waals surface area contributed by atoms with Crippen LogP contribution in [0.2, 0.25) is 0 Å². The zero-order valence-corrected chi connectivity index (χ0v) is 9.57. The van der Waals surface area contributed by atoms with E-state index in [9.17, 15) is 13.2 Å². The van der Waals surface area contributed by atoms with Gasteiger partial charge in [-0.3, -0.25) is 9.52 Å². The molecule has 7 heteroatoms. The van der Waals surface area contributed by atoms with Gasteiger partial charge in [-0.15, -0.1) is 0 Å². The van der Waals surface area contributed by atoms with E-state index in [2.05, 4.69) is 4.72 Å². The lowest BCUT2D eigenvalue weighted by molar-refractivity contribution is -0.136. The van der Waals surface area contributed by atoms with E-state index in [0.717, 1.165) is 0 Å². The number of hydrogen-bond acceptors (Lipinski definition) is 4. The number of carbonyl (C=O) groups is 1. The lowest BCUT2D eigenvalue weighted by atomic mass is 10.2. The Kier molecular flexibility index (Phi) is 4.06. The van der Waals surface area contributed by atoms with Crippen molar-refractivity contribution in [1.29, 1.82) is 5.26 Å². The van der Waals surface area contributed by atoms with Gasteiger partial charge in [0, 0.05) is 5.69 Å². The number of rotatable bonds is 5. The van der Waals surface area contributed by atoms with E-state index in [1.807, 2.05) is 6.07 Å². The summed E-state index contributed by atoms with van der Waals surface area (Å²) in [5.74, 6) is -1.65. The molecular weight excluding hydrogens is 244 g/mol. The average Bonchev–Trinajstić information content (AvgIpc) is 2.27. The van der Waals surface area contributed by atoms with Crippen LogP contribution in [0.15, 0.2) is 24.3 Å². The van der Waals surface area contributed by atoms with Gasteiger partial charge in [0.25, 0.3) is 0 Å². The minimum Gasteiger partial charge on any atom is -0.481 e. The molecule has 0 bridgehead atoms. The molecule has 0 fully saturated rings. The molecule has 17 heavy (non-hydrogen) atoms. The standard InChI is InChI=1S/C10H10N2O4S/c11-7-8-1-3-9(4-2-8)12-17(15,16)6-5-10(13)14/h1-4,12H,5-6H2,(H,13,14). The van der Waals surface area contributed by atoms with Gasteiger partial charge in [0.2, 0.25) is 10.0 Å². The molecule has 0 amide bonds. The molecular formula is C10H10N2O4S. The first-order valence-electron chi connectivity index (χ1n) is 4.65. The van der Waals surface area contributed by atoms with Crippen molar-refractivity contribution >= 4 is 21.7 Å². The third-order valence-corrected chi connectivity index (χ3v) is 3.16. The summed E-state index contributed by atoms with van der Waals surface area (Å²) in [5, 5.41) is 16.9. The van der Waals surface area contributed by atoms with E-state index in [1.165, 1.54) is 24.3 Å². The summed E-state index contributed by atoms with van der Waals surface area (Å²) < 4.78 is 25.1. The van der Waals surface area contributed by atoms with Crippen LogP contribution in [-0.2, 0) is 14.8 Å².